The maximum atomic E-state index is 12.0. The average molecular weight is 379 g/mol. The molecule has 3 aromatic rings. The van der Waals surface area contributed by atoms with Crippen molar-refractivity contribution in [1.82, 2.24) is 25.5 Å². The highest BCUT2D eigenvalue weighted by Gasteiger charge is 2.14. The van der Waals surface area contributed by atoms with Gasteiger partial charge in [-0.05, 0) is 28.0 Å². The number of tetrazole rings is 1. The molecule has 1 amide bonds. The van der Waals surface area contributed by atoms with Crippen molar-refractivity contribution >= 4 is 11.9 Å². The van der Waals surface area contributed by atoms with Crippen LogP contribution in [0.15, 0.2) is 67.0 Å². The lowest BCUT2D eigenvalue weighted by Gasteiger charge is -2.18. The molecule has 0 radical (unpaired) electrons. The maximum absolute atomic E-state index is 12.0. The normalized spacial score (nSPS) is 10.6. The fourth-order valence-corrected chi connectivity index (χ4v) is 2.88. The Morgan fingerprint density at radius 2 is 1.64 bits per heavy atom. The minimum atomic E-state index is -0.575. The molecule has 1 heterocycles. The van der Waals surface area contributed by atoms with Crippen LogP contribution in [0.1, 0.15) is 23.5 Å². The molecule has 0 unspecified atom stereocenters. The number of amides is 1. The Morgan fingerprint density at radius 3 is 2.21 bits per heavy atom. The second-order valence-corrected chi connectivity index (χ2v) is 6.18. The van der Waals surface area contributed by atoms with E-state index in [1.807, 2.05) is 36.4 Å². The van der Waals surface area contributed by atoms with Crippen molar-refractivity contribution in [1.29, 1.82) is 0 Å². The van der Waals surface area contributed by atoms with Crippen LogP contribution in [0.2, 0.25) is 0 Å². The van der Waals surface area contributed by atoms with E-state index in [1.54, 1.807) is 0 Å². The number of carbonyl (C=O) groups excluding carboxylic acids is 2. The van der Waals surface area contributed by atoms with Crippen LogP contribution in [0.4, 0.5) is 0 Å². The van der Waals surface area contributed by atoms with E-state index >= 15 is 0 Å². The van der Waals surface area contributed by atoms with Gasteiger partial charge in [0.1, 0.15) is 12.9 Å². The average Bonchev–Trinajstić information content (AvgIpc) is 3.24. The van der Waals surface area contributed by atoms with Crippen LogP contribution in [-0.4, -0.2) is 45.2 Å². The van der Waals surface area contributed by atoms with E-state index in [2.05, 4.69) is 45.1 Å². The van der Waals surface area contributed by atoms with Crippen LogP contribution in [0.5, 0.6) is 0 Å². The molecule has 0 aliphatic rings. The fourth-order valence-electron chi connectivity index (χ4n) is 2.88. The number of hydrogen-bond donors (Lipinski definition) is 1. The molecule has 8 nitrogen and oxygen atoms in total. The highest BCUT2D eigenvalue weighted by molar-refractivity contribution is 5.80. The van der Waals surface area contributed by atoms with Crippen molar-refractivity contribution < 1.29 is 14.3 Å². The molecule has 2 aromatic carbocycles. The lowest BCUT2D eigenvalue weighted by molar-refractivity contribution is -0.149. The Balaban J connectivity index is 1.47. The van der Waals surface area contributed by atoms with Gasteiger partial charge < -0.3 is 10.1 Å². The standard InChI is InChI=1S/C20H21N5O3/c26-19(14-28-20(27)13-25-15-22-23-24-25)21-12-11-18(16-7-3-1-4-8-16)17-9-5-2-6-10-17/h1-10,15,18H,11-14H2,(H,21,26). The maximum Gasteiger partial charge on any atom is 0.328 e. The van der Waals surface area contributed by atoms with E-state index in [0.717, 1.165) is 6.42 Å². The van der Waals surface area contributed by atoms with Crippen molar-refractivity contribution in [2.75, 3.05) is 13.2 Å². The molecule has 1 aromatic heterocycles. The molecule has 0 atom stereocenters. The predicted octanol–water partition coefficient (Wildman–Crippen LogP) is 1.55. The van der Waals surface area contributed by atoms with Crippen LogP contribution in [0.3, 0.4) is 0 Å². The Morgan fingerprint density at radius 1 is 1.00 bits per heavy atom. The van der Waals surface area contributed by atoms with Crippen molar-refractivity contribution in [3.63, 3.8) is 0 Å². The van der Waals surface area contributed by atoms with Crippen molar-refractivity contribution in [3.8, 4) is 0 Å². The third-order valence-corrected chi connectivity index (χ3v) is 4.21. The first-order valence-electron chi connectivity index (χ1n) is 8.95. The lowest BCUT2D eigenvalue weighted by atomic mass is 9.88. The van der Waals surface area contributed by atoms with Gasteiger partial charge in [-0.1, -0.05) is 60.7 Å². The van der Waals surface area contributed by atoms with Crippen LogP contribution in [0, 0.1) is 0 Å². The monoisotopic (exact) mass is 379 g/mol. The van der Waals surface area contributed by atoms with E-state index in [-0.39, 0.29) is 25.0 Å². The molecule has 0 spiro atoms. The number of ether oxygens (including phenoxy) is 1. The summed E-state index contributed by atoms with van der Waals surface area (Å²) in [4.78, 5) is 23.6. The molecule has 0 saturated heterocycles. The fraction of sp³-hybridized carbons (Fsp3) is 0.250. The number of hydrogen-bond acceptors (Lipinski definition) is 6. The van der Waals surface area contributed by atoms with Crippen LogP contribution in [0.25, 0.3) is 0 Å². The van der Waals surface area contributed by atoms with Crippen molar-refractivity contribution in [2.24, 2.45) is 0 Å². The first-order chi connectivity index (χ1) is 13.7. The molecule has 3 rings (SSSR count). The van der Waals surface area contributed by atoms with Crippen LogP contribution < -0.4 is 5.32 Å². The third-order valence-electron chi connectivity index (χ3n) is 4.21. The van der Waals surface area contributed by atoms with E-state index in [4.69, 9.17) is 4.74 Å². The first kappa shape index (κ1) is 19.2. The number of benzene rings is 2. The van der Waals surface area contributed by atoms with Gasteiger partial charge in [0.15, 0.2) is 6.61 Å². The number of carbonyl (C=O) groups is 2. The highest BCUT2D eigenvalue weighted by atomic mass is 16.5. The summed E-state index contributed by atoms with van der Waals surface area (Å²) in [6.45, 7) is 0.00447. The van der Waals surface area contributed by atoms with Crippen molar-refractivity contribution in [2.45, 2.75) is 18.9 Å². The first-order valence-corrected chi connectivity index (χ1v) is 8.95. The Hall–Kier alpha value is -3.55. The molecule has 0 bridgehead atoms. The van der Waals surface area contributed by atoms with Gasteiger partial charge in [-0.2, -0.15) is 0 Å². The van der Waals surface area contributed by atoms with Gasteiger partial charge in [-0.3, -0.25) is 9.59 Å². The molecule has 28 heavy (non-hydrogen) atoms. The second kappa shape index (κ2) is 9.96. The predicted molar refractivity (Wildman–Crippen MR) is 101 cm³/mol. The van der Waals surface area contributed by atoms with Gasteiger partial charge in [0.05, 0.1) is 0 Å². The quantitative estimate of drug-likeness (QED) is 0.567. The third kappa shape index (κ3) is 5.73. The molecule has 1 N–H and O–H groups in total. The molecule has 8 heteroatoms. The number of nitrogens with zero attached hydrogens (tertiary/aromatic N) is 4. The number of esters is 1. The number of aromatic nitrogens is 4. The number of nitrogens with one attached hydrogen (secondary N) is 1. The molecule has 0 fully saturated rings. The SMILES string of the molecule is O=C(COC(=O)Cn1cnnn1)NCCC(c1ccccc1)c1ccccc1. The smallest absolute Gasteiger partial charge is 0.328 e. The molecule has 0 aliphatic carbocycles. The summed E-state index contributed by atoms with van der Waals surface area (Å²) in [6.07, 6.45) is 2.03. The largest absolute Gasteiger partial charge is 0.454 e. The lowest BCUT2D eigenvalue weighted by Crippen LogP contribution is -2.31. The molecule has 0 saturated carbocycles. The van der Waals surface area contributed by atoms with Crippen LogP contribution >= 0.6 is 0 Å². The summed E-state index contributed by atoms with van der Waals surface area (Å²) in [5.74, 6) is -0.746. The second-order valence-electron chi connectivity index (χ2n) is 6.18. The summed E-state index contributed by atoms with van der Waals surface area (Å²) < 4.78 is 6.16. The summed E-state index contributed by atoms with van der Waals surface area (Å²) in [7, 11) is 0. The summed E-state index contributed by atoms with van der Waals surface area (Å²) >= 11 is 0. The highest BCUT2D eigenvalue weighted by Crippen LogP contribution is 2.27. The zero-order valence-corrected chi connectivity index (χ0v) is 15.3. The minimum absolute atomic E-state index is 0.135. The topological polar surface area (TPSA) is 99.0 Å². The zero-order chi connectivity index (χ0) is 19.6. The van der Waals surface area contributed by atoms with Gasteiger partial charge in [0.2, 0.25) is 0 Å². The van der Waals surface area contributed by atoms with Crippen molar-refractivity contribution in [3.05, 3.63) is 78.1 Å². The van der Waals surface area contributed by atoms with Gasteiger partial charge in [-0.15, -0.1) is 5.10 Å². The summed E-state index contributed by atoms with van der Waals surface area (Å²) in [5.41, 5.74) is 2.38. The Labute approximate surface area is 162 Å². The molecule has 144 valence electrons. The van der Waals surface area contributed by atoms with Gasteiger partial charge in [-0.25, -0.2) is 4.68 Å². The summed E-state index contributed by atoms with van der Waals surface area (Å²) in [5, 5.41) is 13.2. The Kier molecular flexibility index (Phi) is 6.84. The van der Waals surface area contributed by atoms with Gasteiger partial charge >= 0.3 is 5.97 Å². The van der Waals surface area contributed by atoms with Gasteiger partial charge in [0.25, 0.3) is 5.91 Å². The van der Waals surface area contributed by atoms with E-state index in [1.165, 1.54) is 22.1 Å². The molecular weight excluding hydrogens is 358 g/mol. The minimum Gasteiger partial charge on any atom is -0.454 e. The molecule has 0 aliphatic heterocycles. The number of rotatable bonds is 9. The summed E-state index contributed by atoms with van der Waals surface area (Å²) in [6, 6.07) is 20.3. The molecular formula is C20H21N5O3. The van der Waals surface area contributed by atoms with E-state index in [0.29, 0.717) is 6.54 Å². The van der Waals surface area contributed by atoms with Gasteiger partial charge in [0, 0.05) is 12.5 Å². The Bertz CT molecular complexity index is 830. The van der Waals surface area contributed by atoms with Crippen LogP contribution in [-0.2, 0) is 20.9 Å². The van der Waals surface area contributed by atoms with E-state index in [9.17, 15) is 9.59 Å². The zero-order valence-electron chi connectivity index (χ0n) is 15.3. The van der Waals surface area contributed by atoms with E-state index < -0.39 is 5.97 Å².